The first-order valence-corrected chi connectivity index (χ1v) is 5.29. The molecule has 2 heterocycles. The number of aromatic amines is 1. The Kier molecular flexibility index (Phi) is 3.14. The van der Waals surface area contributed by atoms with Crippen LogP contribution in [0.15, 0.2) is 11.0 Å². The summed E-state index contributed by atoms with van der Waals surface area (Å²) in [5, 5.41) is 18.5. The number of hydrogen-bond donors (Lipinski definition) is 3. The lowest BCUT2D eigenvalue weighted by Crippen LogP contribution is -2.25. The molecule has 1 aromatic rings. The summed E-state index contributed by atoms with van der Waals surface area (Å²) >= 11 is 0. The molecule has 1 aliphatic rings. The number of nitrogens with one attached hydrogen (secondary N) is 1. The van der Waals surface area contributed by atoms with Gasteiger partial charge in [-0.3, -0.25) is 9.36 Å². The van der Waals surface area contributed by atoms with Gasteiger partial charge in [-0.2, -0.15) is 0 Å². The fourth-order valence-electron chi connectivity index (χ4n) is 1.85. The molecule has 17 heavy (non-hydrogen) atoms. The normalized spacial score (nSPS) is 28.5. The van der Waals surface area contributed by atoms with Crippen molar-refractivity contribution in [1.29, 1.82) is 0 Å². The number of ether oxygens (including phenoxy) is 1. The number of hydrogen-bond acceptors (Lipinski definition) is 5. The Morgan fingerprint density at radius 2 is 2.41 bits per heavy atom. The first-order chi connectivity index (χ1) is 8.02. The van der Waals surface area contributed by atoms with Crippen molar-refractivity contribution in [2.45, 2.75) is 31.8 Å². The third-order valence-corrected chi connectivity index (χ3v) is 2.82. The van der Waals surface area contributed by atoms with Crippen LogP contribution in [-0.4, -0.2) is 44.4 Å². The molecule has 0 bridgehead atoms. The zero-order valence-electron chi connectivity index (χ0n) is 9.29. The van der Waals surface area contributed by atoms with E-state index in [1.165, 1.54) is 17.7 Å². The quantitative estimate of drug-likeness (QED) is 0.591. The van der Waals surface area contributed by atoms with Gasteiger partial charge in [-0.05, 0) is 0 Å². The molecular weight excluding hydrogens is 228 g/mol. The van der Waals surface area contributed by atoms with E-state index in [9.17, 15) is 14.7 Å². The third kappa shape index (κ3) is 2.17. The van der Waals surface area contributed by atoms with E-state index in [0.29, 0.717) is 0 Å². The Morgan fingerprint density at radius 3 is 2.88 bits per heavy atom. The number of imidazole rings is 1. The van der Waals surface area contributed by atoms with E-state index in [-0.39, 0.29) is 24.5 Å². The van der Waals surface area contributed by atoms with Crippen LogP contribution in [0, 0.1) is 0 Å². The van der Waals surface area contributed by atoms with E-state index >= 15 is 0 Å². The molecule has 1 fully saturated rings. The van der Waals surface area contributed by atoms with Crippen molar-refractivity contribution in [3.63, 3.8) is 0 Å². The molecule has 0 amide bonds. The van der Waals surface area contributed by atoms with Crippen molar-refractivity contribution >= 4 is 5.78 Å². The van der Waals surface area contributed by atoms with Gasteiger partial charge in [-0.15, -0.1) is 0 Å². The van der Waals surface area contributed by atoms with E-state index in [4.69, 9.17) is 9.84 Å². The second kappa shape index (κ2) is 4.44. The molecule has 3 atom stereocenters. The monoisotopic (exact) mass is 242 g/mol. The highest BCUT2D eigenvalue weighted by atomic mass is 16.5. The highest BCUT2D eigenvalue weighted by Gasteiger charge is 2.35. The SMILES string of the molecule is CC(=O)c1cn([C@H]2C[C@H](O)[C@@H](CO)O2)c(=O)[nH]1. The number of carbonyl (C=O) groups excluding carboxylic acids is 1. The fraction of sp³-hybridized carbons (Fsp3) is 0.600. The maximum absolute atomic E-state index is 11.6. The molecule has 3 N–H and O–H groups in total. The smallest absolute Gasteiger partial charge is 0.328 e. The van der Waals surface area contributed by atoms with Crippen LogP contribution in [0.1, 0.15) is 30.1 Å². The molecule has 1 saturated heterocycles. The Bertz CT molecular complexity index is 477. The number of aliphatic hydroxyl groups excluding tert-OH is 2. The van der Waals surface area contributed by atoms with E-state index in [1.807, 2.05) is 0 Å². The summed E-state index contributed by atoms with van der Waals surface area (Å²) in [6, 6.07) is 0. The average Bonchev–Trinajstić information content (AvgIpc) is 2.81. The number of rotatable bonds is 3. The highest BCUT2D eigenvalue weighted by Crippen LogP contribution is 2.27. The van der Waals surface area contributed by atoms with Gasteiger partial charge in [0.05, 0.1) is 12.7 Å². The summed E-state index contributed by atoms with van der Waals surface area (Å²) in [5.41, 5.74) is -0.272. The second-order valence-corrected chi connectivity index (χ2v) is 4.05. The molecule has 94 valence electrons. The summed E-state index contributed by atoms with van der Waals surface area (Å²) in [4.78, 5) is 25.1. The van der Waals surface area contributed by atoms with Crippen LogP contribution in [0.25, 0.3) is 0 Å². The van der Waals surface area contributed by atoms with Crippen LogP contribution < -0.4 is 5.69 Å². The molecule has 0 aromatic carbocycles. The van der Waals surface area contributed by atoms with Gasteiger partial charge in [-0.25, -0.2) is 4.79 Å². The first kappa shape index (κ1) is 12.0. The standard InChI is InChI=1S/C10H14N2O5/c1-5(14)6-3-12(10(16)11-6)9-2-7(15)8(4-13)17-9/h3,7-9,13,15H,2,4H2,1H3,(H,11,16)/t7-,8+,9+/m0/s1. The van der Waals surface area contributed by atoms with Crippen LogP contribution in [0.4, 0.5) is 0 Å². The van der Waals surface area contributed by atoms with E-state index in [1.54, 1.807) is 0 Å². The van der Waals surface area contributed by atoms with Crippen molar-refractivity contribution in [2.75, 3.05) is 6.61 Å². The van der Waals surface area contributed by atoms with Crippen molar-refractivity contribution < 1.29 is 19.7 Å². The van der Waals surface area contributed by atoms with Crippen LogP contribution in [0.3, 0.4) is 0 Å². The predicted octanol–water partition coefficient (Wildman–Crippen LogP) is -0.980. The zero-order chi connectivity index (χ0) is 12.6. The van der Waals surface area contributed by atoms with Crippen molar-refractivity contribution in [2.24, 2.45) is 0 Å². The second-order valence-electron chi connectivity index (χ2n) is 4.05. The van der Waals surface area contributed by atoms with Gasteiger partial charge in [0.25, 0.3) is 0 Å². The fourth-order valence-corrected chi connectivity index (χ4v) is 1.85. The first-order valence-electron chi connectivity index (χ1n) is 5.29. The average molecular weight is 242 g/mol. The zero-order valence-corrected chi connectivity index (χ0v) is 9.29. The summed E-state index contributed by atoms with van der Waals surface area (Å²) < 4.78 is 6.53. The van der Waals surface area contributed by atoms with Crippen LogP contribution in [0.5, 0.6) is 0 Å². The highest BCUT2D eigenvalue weighted by molar-refractivity contribution is 5.91. The minimum absolute atomic E-state index is 0.195. The summed E-state index contributed by atoms with van der Waals surface area (Å²) in [5.74, 6) is -0.252. The van der Waals surface area contributed by atoms with Gasteiger partial charge in [0.2, 0.25) is 0 Å². The number of H-pyrrole nitrogens is 1. The molecule has 0 radical (unpaired) electrons. The molecular formula is C10H14N2O5. The van der Waals surface area contributed by atoms with Crippen LogP contribution in [0.2, 0.25) is 0 Å². The molecule has 7 heteroatoms. The van der Waals surface area contributed by atoms with Crippen molar-refractivity contribution in [1.82, 2.24) is 9.55 Å². The molecule has 0 aliphatic carbocycles. The van der Waals surface area contributed by atoms with Gasteiger partial charge >= 0.3 is 5.69 Å². The van der Waals surface area contributed by atoms with E-state index < -0.39 is 24.1 Å². The lowest BCUT2D eigenvalue weighted by atomic mass is 10.2. The van der Waals surface area contributed by atoms with Gasteiger partial charge in [0, 0.05) is 19.5 Å². The molecule has 1 aromatic heterocycles. The minimum atomic E-state index is -0.812. The predicted molar refractivity (Wildman–Crippen MR) is 56.7 cm³/mol. The minimum Gasteiger partial charge on any atom is -0.394 e. The lowest BCUT2D eigenvalue weighted by Gasteiger charge is -2.11. The van der Waals surface area contributed by atoms with E-state index in [0.717, 1.165) is 0 Å². The van der Waals surface area contributed by atoms with Crippen molar-refractivity contribution in [3.05, 3.63) is 22.4 Å². The maximum atomic E-state index is 11.6. The molecule has 0 saturated carbocycles. The Labute approximate surface area is 96.6 Å². The maximum Gasteiger partial charge on any atom is 0.328 e. The summed E-state index contributed by atoms with van der Waals surface area (Å²) in [6.45, 7) is 1.03. The van der Waals surface area contributed by atoms with Gasteiger partial charge in [0.15, 0.2) is 5.78 Å². The van der Waals surface area contributed by atoms with E-state index in [2.05, 4.69) is 4.98 Å². The molecule has 0 unspecified atom stereocenters. The van der Waals surface area contributed by atoms with Gasteiger partial charge in [0.1, 0.15) is 18.0 Å². The van der Waals surface area contributed by atoms with Gasteiger partial charge < -0.3 is 19.9 Å². The number of ketones is 1. The number of aliphatic hydroxyl groups is 2. The molecule has 2 rings (SSSR count). The molecule has 7 nitrogen and oxygen atoms in total. The van der Waals surface area contributed by atoms with Crippen LogP contribution >= 0.6 is 0 Å². The Balaban J connectivity index is 2.24. The molecule has 0 spiro atoms. The lowest BCUT2D eigenvalue weighted by molar-refractivity contribution is -0.0453. The number of aromatic nitrogens is 2. The summed E-state index contributed by atoms with van der Waals surface area (Å²) in [7, 11) is 0. The topological polar surface area (TPSA) is 105 Å². The number of nitrogens with zero attached hydrogens (tertiary/aromatic N) is 1. The third-order valence-electron chi connectivity index (χ3n) is 2.82. The van der Waals surface area contributed by atoms with Gasteiger partial charge in [-0.1, -0.05) is 0 Å². The number of Topliss-reactive ketones (excluding diaryl/α,β-unsaturated/α-hetero) is 1. The molecule has 1 aliphatic heterocycles. The summed E-state index contributed by atoms with van der Waals surface area (Å²) in [6.07, 6.45) is -0.587. The Morgan fingerprint density at radius 1 is 1.71 bits per heavy atom. The largest absolute Gasteiger partial charge is 0.394 e. The number of carbonyl (C=O) groups is 1. The Hall–Kier alpha value is -1.44. The van der Waals surface area contributed by atoms with Crippen molar-refractivity contribution in [3.8, 4) is 0 Å². The van der Waals surface area contributed by atoms with Crippen LogP contribution in [-0.2, 0) is 4.74 Å².